The Morgan fingerprint density at radius 1 is 1.36 bits per heavy atom. The topological polar surface area (TPSA) is 41.8 Å². The zero-order valence-electron chi connectivity index (χ0n) is 14.3. The lowest BCUT2D eigenvalue weighted by Gasteiger charge is -2.22. The Morgan fingerprint density at radius 3 is 2.73 bits per heavy atom. The summed E-state index contributed by atoms with van der Waals surface area (Å²) in [6, 6.07) is 4.20. The van der Waals surface area contributed by atoms with Gasteiger partial charge in [-0.2, -0.15) is 0 Å². The highest BCUT2D eigenvalue weighted by molar-refractivity contribution is 14.0. The second-order valence-electron chi connectivity index (χ2n) is 5.17. The summed E-state index contributed by atoms with van der Waals surface area (Å²) in [6.45, 7) is 8.18. The predicted molar refractivity (Wildman–Crippen MR) is 104 cm³/mol. The summed E-state index contributed by atoms with van der Waals surface area (Å²) in [7, 11) is 4.13. The molecule has 0 unspecified atom stereocenters. The van der Waals surface area contributed by atoms with Gasteiger partial charge in [0, 0.05) is 39.1 Å². The van der Waals surface area contributed by atoms with Gasteiger partial charge in [-0.1, -0.05) is 13.3 Å². The minimum atomic E-state index is 0. The third-order valence-electron chi connectivity index (χ3n) is 3.29. The highest BCUT2D eigenvalue weighted by Gasteiger charge is 2.07. The number of guanidine groups is 1. The first-order valence-corrected chi connectivity index (χ1v) is 7.86. The minimum Gasteiger partial charge on any atom is -0.380 e. The molecule has 1 rings (SSSR count). The van der Waals surface area contributed by atoms with Crippen LogP contribution in [0.1, 0.15) is 32.4 Å². The second-order valence-corrected chi connectivity index (χ2v) is 5.17. The Labute approximate surface area is 152 Å². The Bertz CT molecular complexity index is 420. The summed E-state index contributed by atoms with van der Waals surface area (Å²) >= 11 is 0. The van der Waals surface area contributed by atoms with Crippen LogP contribution in [0.4, 0.5) is 0 Å². The van der Waals surface area contributed by atoms with Crippen LogP contribution in [0.2, 0.25) is 0 Å². The first-order chi connectivity index (χ1) is 10.2. The number of halogens is 1. The number of nitrogens with one attached hydrogen (secondary N) is 1. The maximum absolute atomic E-state index is 5.55. The standard InChI is InChI=1S/C16H30N4O.HI/c1-5-7-12-21-13-10-18-16(17-6-2)20(4)14-15-9-8-11-19(15)3;/h8-9,11H,5-7,10,12-14H2,1-4H3,(H,17,18);1H. The molecule has 1 aromatic rings. The summed E-state index contributed by atoms with van der Waals surface area (Å²) in [4.78, 5) is 6.76. The maximum Gasteiger partial charge on any atom is 0.194 e. The molecule has 1 aromatic heterocycles. The van der Waals surface area contributed by atoms with E-state index in [1.165, 1.54) is 12.1 Å². The molecule has 0 bridgehead atoms. The second kappa shape index (κ2) is 12.8. The molecule has 1 N–H and O–H groups in total. The number of rotatable bonds is 9. The van der Waals surface area contributed by atoms with Crippen molar-refractivity contribution in [3.63, 3.8) is 0 Å². The Morgan fingerprint density at radius 2 is 2.14 bits per heavy atom. The van der Waals surface area contributed by atoms with Crippen molar-refractivity contribution in [2.75, 3.05) is 33.4 Å². The number of hydrogen-bond donors (Lipinski definition) is 1. The molecular weight excluding hydrogens is 391 g/mol. The van der Waals surface area contributed by atoms with Gasteiger partial charge >= 0.3 is 0 Å². The highest BCUT2D eigenvalue weighted by atomic mass is 127. The van der Waals surface area contributed by atoms with Crippen molar-refractivity contribution in [2.45, 2.75) is 33.2 Å². The van der Waals surface area contributed by atoms with E-state index < -0.39 is 0 Å². The molecule has 0 aromatic carbocycles. The molecule has 0 aliphatic rings. The summed E-state index contributed by atoms with van der Waals surface area (Å²) in [5.74, 6) is 0.929. The quantitative estimate of drug-likeness (QED) is 0.288. The van der Waals surface area contributed by atoms with E-state index in [4.69, 9.17) is 4.74 Å². The Kier molecular flexibility index (Phi) is 12.3. The number of aromatic nitrogens is 1. The molecule has 6 heteroatoms. The van der Waals surface area contributed by atoms with Crippen LogP contribution in [0.3, 0.4) is 0 Å². The first-order valence-electron chi connectivity index (χ1n) is 7.86. The van der Waals surface area contributed by atoms with Crippen molar-refractivity contribution >= 4 is 29.9 Å². The van der Waals surface area contributed by atoms with Gasteiger partial charge in [-0.15, -0.1) is 24.0 Å². The minimum absolute atomic E-state index is 0. The van der Waals surface area contributed by atoms with Gasteiger partial charge in [0.05, 0.1) is 19.7 Å². The highest BCUT2D eigenvalue weighted by Crippen LogP contribution is 2.03. The molecule has 22 heavy (non-hydrogen) atoms. The lowest BCUT2D eigenvalue weighted by Crippen LogP contribution is -2.39. The summed E-state index contributed by atoms with van der Waals surface area (Å²) in [6.07, 6.45) is 4.36. The molecule has 0 fully saturated rings. The molecule has 1 heterocycles. The number of aliphatic imine (C=N–C) groups is 1. The molecule has 0 atom stereocenters. The lowest BCUT2D eigenvalue weighted by atomic mass is 10.4. The molecule has 0 aliphatic heterocycles. The van der Waals surface area contributed by atoms with Crippen molar-refractivity contribution in [1.29, 1.82) is 0 Å². The largest absolute Gasteiger partial charge is 0.380 e. The van der Waals surface area contributed by atoms with E-state index in [-0.39, 0.29) is 24.0 Å². The average Bonchev–Trinajstić information content (AvgIpc) is 2.86. The fourth-order valence-electron chi connectivity index (χ4n) is 2.01. The predicted octanol–water partition coefficient (Wildman–Crippen LogP) is 2.86. The van der Waals surface area contributed by atoms with Crippen molar-refractivity contribution in [1.82, 2.24) is 14.8 Å². The van der Waals surface area contributed by atoms with Crippen LogP contribution in [-0.4, -0.2) is 48.8 Å². The molecule has 0 radical (unpaired) electrons. The van der Waals surface area contributed by atoms with E-state index in [9.17, 15) is 0 Å². The number of aryl methyl sites for hydroxylation is 1. The van der Waals surface area contributed by atoms with Crippen LogP contribution in [0, 0.1) is 0 Å². The number of ether oxygens (including phenoxy) is 1. The molecule has 0 saturated heterocycles. The van der Waals surface area contributed by atoms with Gasteiger partial charge in [-0.3, -0.25) is 4.99 Å². The summed E-state index contributed by atoms with van der Waals surface area (Å²) < 4.78 is 7.68. The summed E-state index contributed by atoms with van der Waals surface area (Å²) in [5.41, 5.74) is 1.27. The van der Waals surface area contributed by atoms with Gasteiger partial charge in [0.2, 0.25) is 0 Å². The van der Waals surface area contributed by atoms with Crippen molar-refractivity contribution in [2.24, 2.45) is 12.0 Å². The van der Waals surface area contributed by atoms with Crippen LogP contribution < -0.4 is 5.32 Å². The SMILES string of the molecule is CCCCOCCN=C(NCC)N(C)Cc1cccn1C.I. The first kappa shape index (κ1) is 21.2. The number of unbranched alkanes of at least 4 members (excludes halogenated alkanes) is 1. The Balaban J connectivity index is 0.00000441. The molecule has 0 spiro atoms. The molecular formula is C16H31IN4O. The zero-order chi connectivity index (χ0) is 15.5. The monoisotopic (exact) mass is 422 g/mol. The van der Waals surface area contributed by atoms with Crippen molar-refractivity contribution in [3.05, 3.63) is 24.0 Å². The summed E-state index contributed by atoms with van der Waals surface area (Å²) in [5, 5.41) is 3.33. The van der Waals surface area contributed by atoms with E-state index >= 15 is 0 Å². The molecule has 5 nitrogen and oxygen atoms in total. The lowest BCUT2D eigenvalue weighted by molar-refractivity contribution is 0.138. The number of nitrogens with zero attached hydrogens (tertiary/aromatic N) is 3. The van der Waals surface area contributed by atoms with E-state index in [1.807, 2.05) is 0 Å². The van der Waals surface area contributed by atoms with Crippen LogP contribution in [0.5, 0.6) is 0 Å². The maximum atomic E-state index is 5.55. The van der Waals surface area contributed by atoms with E-state index in [2.05, 4.69) is 66.0 Å². The fraction of sp³-hybridized carbons (Fsp3) is 0.688. The third kappa shape index (κ3) is 8.03. The van der Waals surface area contributed by atoms with Gasteiger partial charge in [0.15, 0.2) is 5.96 Å². The van der Waals surface area contributed by atoms with Crippen molar-refractivity contribution in [3.8, 4) is 0 Å². The van der Waals surface area contributed by atoms with Crippen LogP contribution in [0.15, 0.2) is 23.3 Å². The smallest absolute Gasteiger partial charge is 0.194 e. The molecule has 0 aliphatic carbocycles. The Hall–Kier alpha value is -0.760. The third-order valence-corrected chi connectivity index (χ3v) is 3.29. The van der Waals surface area contributed by atoms with Gasteiger partial charge in [0.25, 0.3) is 0 Å². The zero-order valence-corrected chi connectivity index (χ0v) is 16.7. The van der Waals surface area contributed by atoms with E-state index in [0.717, 1.165) is 32.1 Å². The molecule has 0 amide bonds. The number of hydrogen-bond acceptors (Lipinski definition) is 2. The van der Waals surface area contributed by atoms with Gasteiger partial charge in [0.1, 0.15) is 0 Å². The molecule has 0 saturated carbocycles. The van der Waals surface area contributed by atoms with E-state index in [0.29, 0.717) is 13.2 Å². The van der Waals surface area contributed by atoms with Gasteiger partial charge in [-0.05, 0) is 25.5 Å². The van der Waals surface area contributed by atoms with Crippen LogP contribution in [-0.2, 0) is 18.3 Å². The van der Waals surface area contributed by atoms with Gasteiger partial charge < -0.3 is 19.5 Å². The van der Waals surface area contributed by atoms with Crippen molar-refractivity contribution < 1.29 is 4.74 Å². The van der Waals surface area contributed by atoms with Gasteiger partial charge in [-0.25, -0.2) is 0 Å². The normalized spacial score (nSPS) is 11.2. The van der Waals surface area contributed by atoms with Crippen LogP contribution in [0.25, 0.3) is 0 Å². The van der Waals surface area contributed by atoms with E-state index in [1.54, 1.807) is 0 Å². The molecule has 128 valence electrons. The average molecular weight is 422 g/mol. The van der Waals surface area contributed by atoms with Crippen LogP contribution >= 0.6 is 24.0 Å². The fourth-order valence-corrected chi connectivity index (χ4v) is 2.01.